The zero-order valence-electron chi connectivity index (χ0n) is 20.5. The third-order valence-electron chi connectivity index (χ3n) is 6.48. The molecule has 4 N–H and O–H groups in total. The molecule has 0 saturated carbocycles. The molecule has 0 bridgehead atoms. The highest BCUT2D eigenvalue weighted by Crippen LogP contribution is 2.26. The van der Waals surface area contributed by atoms with Crippen LogP contribution in [-0.4, -0.2) is 77.1 Å². The molecule has 2 aliphatic rings. The van der Waals surface area contributed by atoms with Gasteiger partial charge in [0.1, 0.15) is 11.6 Å². The van der Waals surface area contributed by atoms with E-state index in [1.165, 1.54) is 0 Å². The Morgan fingerprint density at radius 2 is 1.76 bits per heavy atom. The summed E-state index contributed by atoms with van der Waals surface area (Å²) in [7, 11) is 0. The van der Waals surface area contributed by atoms with Crippen LogP contribution in [0, 0.1) is 0 Å². The molecule has 1 atom stereocenters. The predicted molar refractivity (Wildman–Crippen MR) is 140 cm³/mol. The summed E-state index contributed by atoms with van der Waals surface area (Å²) < 4.78 is 5.33. The number of nitrogens with one attached hydrogen (secondary N) is 2. The summed E-state index contributed by atoms with van der Waals surface area (Å²) in [5.74, 6) is 1.12. The number of amides is 2. The van der Waals surface area contributed by atoms with Gasteiger partial charge in [0.15, 0.2) is 0 Å². The molecule has 11 heteroatoms. The van der Waals surface area contributed by atoms with E-state index in [4.69, 9.17) is 15.5 Å². The fraction of sp³-hybridized carbons (Fsp3) is 0.346. The quantitative estimate of drug-likeness (QED) is 0.444. The fourth-order valence-electron chi connectivity index (χ4n) is 4.56. The highest BCUT2D eigenvalue weighted by Gasteiger charge is 2.23. The molecule has 2 amide bonds. The van der Waals surface area contributed by atoms with E-state index in [2.05, 4.69) is 25.5 Å². The number of primary amides is 1. The summed E-state index contributed by atoms with van der Waals surface area (Å²) in [6.45, 7) is 3.84. The zero-order valence-corrected chi connectivity index (χ0v) is 20.5. The molecular formula is C26H30N8O3. The third-order valence-corrected chi connectivity index (χ3v) is 6.48. The second-order valence-electron chi connectivity index (χ2n) is 9.04. The van der Waals surface area contributed by atoms with Gasteiger partial charge in [0, 0.05) is 55.9 Å². The molecule has 2 saturated heterocycles. The van der Waals surface area contributed by atoms with Crippen LogP contribution in [-0.2, 0) is 4.74 Å². The maximum Gasteiger partial charge on any atom is 0.254 e. The number of carbonyl (C=O) groups excluding carboxylic acids is 2. The van der Waals surface area contributed by atoms with Gasteiger partial charge in [-0.25, -0.2) is 15.0 Å². The Hall–Kier alpha value is -4.25. The lowest BCUT2D eigenvalue weighted by Gasteiger charge is -2.34. The number of anilines is 4. The van der Waals surface area contributed by atoms with Crippen molar-refractivity contribution in [2.45, 2.75) is 18.9 Å². The van der Waals surface area contributed by atoms with Crippen molar-refractivity contribution in [2.75, 3.05) is 54.9 Å². The number of carbonyl (C=O) groups is 2. The van der Waals surface area contributed by atoms with Crippen molar-refractivity contribution in [3.8, 4) is 0 Å². The molecule has 2 fully saturated rings. The van der Waals surface area contributed by atoms with E-state index in [1.54, 1.807) is 53.7 Å². The fourth-order valence-corrected chi connectivity index (χ4v) is 4.56. The summed E-state index contributed by atoms with van der Waals surface area (Å²) in [6.07, 6.45) is 5.39. The smallest absolute Gasteiger partial charge is 0.254 e. The molecule has 11 nitrogen and oxygen atoms in total. The average molecular weight is 503 g/mol. The van der Waals surface area contributed by atoms with Gasteiger partial charge >= 0.3 is 0 Å². The molecular weight excluding hydrogens is 472 g/mol. The van der Waals surface area contributed by atoms with Crippen molar-refractivity contribution in [2.24, 2.45) is 5.73 Å². The van der Waals surface area contributed by atoms with Crippen molar-refractivity contribution < 1.29 is 14.3 Å². The van der Waals surface area contributed by atoms with Crippen LogP contribution < -0.4 is 21.3 Å². The summed E-state index contributed by atoms with van der Waals surface area (Å²) in [4.78, 5) is 42.1. The number of hydrogen-bond donors (Lipinski definition) is 3. The summed E-state index contributed by atoms with van der Waals surface area (Å²) in [6, 6.07) is 12.6. The van der Waals surface area contributed by atoms with Gasteiger partial charge in [-0.3, -0.25) is 9.59 Å². The van der Waals surface area contributed by atoms with Crippen molar-refractivity contribution in [1.29, 1.82) is 0 Å². The van der Waals surface area contributed by atoms with Gasteiger partial charge in [-0.2, -0.15) is 0 Å². The molecule has 2 aromatic heterocycles. The molecule has 192 valence electrons. The van der Waals surface area contributed by atoms with Crippen LogP contribution in [0.2, 0.25) is 0 Å². The summed E-state index contributed by atoms with van der Waals surface area (Å²) >= 11 is 0. The van der Waals surface area contributed by atoms with Crippen molar-refractivity contribution in [3.05, 3.63) is 66.0 Å². The van der Waals surface area contributed by atoms with Crippen LogP contribution in [0.3, 0.4) is 0 Å². The Balaban J connectivity index is 1.30. The van der Waals surface area contributed by atoms with Crippen LogP contribution >= 0.6 is 0 Å². The Bertz CT molecular complexity index is 1230. The maximum absolute atomic E-state index is 12.7. The van der Waals surface area contributed by atoms with E-state index in [0.717, 1.165) is 31.7 Å². The van der Waals surface area contributed by atoms with Crippen LogP contribution in [0.4, 0.5) is 23.3 Å². The highest BCUT2D eigenvalue weighted by atomic mass is 16.5. The minimum atomic E-state index is -0.569. The first kappa shape index (κ1) is 24.4. The first-order chi connectivity index (χ1) is 18.1. The molecule has 37 heavy (non-hydrogen) atoms. The number of rotatable bonds is 7. The van der Waals surface area contributed by atoms with Crippen LogP contribution in [0.25, 0.3) is 0 Å². The molecule has 3 aromatic rings. The van der Waals surface area contributed by atoms with Gasteiger partial charge in [0.2, 0.25) is 5.95 Å². The highest BCUT2D eigenvalue weighted by molar-refractivity contribution is 5.99. The van der Waals surface area contributed by atoms with Crippen LogP contribution in [0.5, 0.6) is 0 Å². The Labute approximate surface area is 215 Å². The predicted octanol–water partition coefficient (Wildman–Crippen LogP) is 2.27. The average Bonchev–Trinajstić information content (AvgIpc) is 2.94. The van der Waals surface area contributed by atoms with Gasteiger partial charge < -0.3 is 30.9 Å². The van der Waals surface area contributed by atoms with Gasteiger partial charge in [0.25, 0.3) is 11.8 Å². The normalized spacial score (nSPS) is 17.8. The van der Waals surface area contributed by atoms with E-state index in [0.29, 0.717) is 54.9 Å². The van der Waals surface area contributed by atoms with Gasteiger partial charge in [-0.05, 0) is 55.3 Å². The number of nitrogens with two attached hydrogens (primary N) is 1. The molecule has 1 unspecified atom stereocenters. The maximum atomic E-state index is 12.7. The zero-order chi connectivity index (χ0) is 25.6. The topological polar surface area (TPSA) is 139 Å². The summed E-state index contributed by atoms with van der Waals surface area (Å²) in [5.41, 5.74) is 7.22. The Morgan fingerprint density at radius 3 is 2.49 bits per heavy atom. The van der Waals surface area contributed by atoms with Crippen molar-refractivity contribution in [3.63, 3.8) is 0 Å². The van der Waals surface area contributed by atoms with Gasteiger partial charge in [-0.1, -0.05) is 0 Å². The van der Waals surface area contributed by atoms with E-state index >= 15 is 0 Å². The Kier molecular flexibility index (Phi) is 7.41. The van der Waals surface area contributed by atoms with E-state index < -0.39 is 5.91 Å². The first-order valence-electron chi connectivity index (χ1n) is 12.4. The number of hydrogen-bond acceptors (Lipinski definition) is 9. The van der Waals surface area contributed by atoms with E-state index in [1.807, 2.05) is 6.07 Å². The van der Waals surface area contributed by atoms with Crippen LogP contribution in [0.15, 0.2) is 54.9 Å². The minimum absolute atomic E-state index is 0.0260. The SMILES string of the molecule is NC(=O)c1ccc(N2CCCC(Nc3ncccn3)C2)nc1Nc1ccc(C(=O)N2CCOCC2)cc1. The third kappa shape index (κ3) is 5.95. The molecule has 1 aromatic carbocycles. The lowest BCUT2D eigenvalue weighted by molar-refractivity contribution is 0.0303. The standard InChI is InChI=1S/C26H30N8O3/c27-23(35)21-8-9-22(34-12-1-3-20(17-34)31-26-28-10-2-11-29-26)32-24(21)30-19-6-4-18(5-7-19)25(36)33-13-15-37-16-14-33/h2,4-11,20H,1,3,12-17H2,(H2,27,35)(H,30,32)(H,28,29,31). The largest absolute Gasteiger partial charge is 0.378 e. The molecule has 0 spiro atoms. The summed E-state index contributed by atoms with van der Waals surface area (Å²) in [5, 5.41) is 6.59. The second-order valence-corrected chi connectivity index (χ2v) is 9.04. The number of piperidine rings is 1. The van der Waals surface area contributed by atoms with Gasteiger partial charge in [-0.15, -0.1) is 0 Å². The second kappa shape index (κ2) is 11.2. The first-order valence-corrected chi connectivity index (χ1v) is 12.4. The number of benzene rings is 1. The Morgan fingerprint density at radius 1 is 1.00 bits per heavy atom. The molecule has 0 radical (unpaired) electrons. The van der Waals surface area contributed by atoms with E-state index in [-0.39, 0.29) is 11.9 Å². The number of ether oxygens (including phenoxy) is 1. The molecule has 0 aliphatic carbocycles. The minimum Gasteiger partial charge on any atom is -0.378 e. The monoisotopic (exact) mass is 502 g/mol. The molecule has 2 aliphatic heterocycles. The number of nitrogens with zero attached hydrogens (tertiary/aromatic N) is 5. The van der Waals surface area contributed by atoms with E-state index in [9.17, 15) is 9.59 Å². The lowest BCUT2D eigenvalue weighted by atomic mass is 10.1. The lowest BCUT2D eigenvalue weighted by Crippen LogP contribution is -2.42. The van der Waals surface area contributed by atoms with Crippen LogP contribution in [0.1, 0.15) is 33.6 Å². The molecule has 4 heterocycles. The number of morpholine rings is 1. The number of aromatic nitrogens is 3. The molecule has 5 rings (SSSR count). The van der Waals surface area contributed by atoms with Crippen molar-refractivity contribution >= 4 is 35.1 Å². The van der Waals surface area contributed by atoms with Crippen molar-refractivity contribution in [1.82, 2.24) is 19.9 Å². The van der Waals surface area contributed by atoms with Gasteiger partial charge in [0.05, 0.1) is 18.8 Å². The number of pyridine rings is 1.